The summed E-state index contributed by atoms with van der Waals surface area (Å²) in [7, 11) is 0. The number of carbonyl (C=O) groups excluding carboxylic acids is 1. The first-order valence-electron chi connectivity index (χ1n) is 11.3. The van der Waals surface area contributed by atoms with Gasteiger partial charge in [-0.2, -0.15) is 4.98 Å². The zero-order valence-electron chi connectivity index (χ0n) is 19.6. The largest absolute Gasteiger partial charge is 0.573 e. The standard InChI is InChI=1S/C22H29F3N6O3.ClH/c1-14(2)19-27-20(34-28-19)17-11-16(15-3-5-18(6-4-15)33-22(23,24)25)12-30(13-17)21(32)29-7-9-31(26)10-8-29;/h3-6,14,16-17H,7-13,26H2,1-2H3;1H. The highest BCUT2D eigenvalue weighted by molar-refractivity contribution is 5.85. The number of piperidine rings is 1. The minimum absolute atomic E-state index is 0. The fourth-order valence-electron chi connectivity index (χ4n) is 4.38. The van der Waals surface area contributed by atoms with E-state index in [0.29, 0.717) is 57.4 Å². The molecule has 194 valence electrons. The molecule has 35 heavy (non-hydrogen) atoms. The van der Waals surface area contributed by atoms with Crippen molar-refractivity contribution < 1.29 is 27.2 Å². The highest BCUT2D eigenvalue weighted by Gasteiger charge is 2.37. The maximum absolute atomic E-state index is 13.3. The van der Waals surface area contributed by atoms with Gasteiger partial charge >= 0.3 is 12.4 Å². The zero-order valence-corrected chi connectivity index (χ0v) is 20.4. The van der Waals surface area contributed by atoms with Crippen LogP contribution in [-0.2, 0) is 0 Å². The van der Waals surface area contributed by atoms with Crippen molar-refractivity contribution in [1.29, 1.82) is 0 Å². The third-order valence-electron chi connectivity index (χ3n) is 6.21. The number of aromatic nitrogens is 2. The average molecular weight is 519 g/mol. The maximum atomic E-state index is 13.3. The van der Waals surface area contributed by atoms with E-state index >= 15 is 0 Å². The number of hydrogen-bond donors (Lipinski definition) is 1. The van der Waals surface area contributed by atoms with Gasteiger partial charge in [0.15, 0.2) is 5.82 Å². The molecule has 2 amide bonds. The van der Waals surface area contributed by atoms with E-state index < -0.39 is 6.36 Å². The summed E-state index contributed by atoms with van der Waals surface area (Å²) < 4.78 is 47.1. The van der Waals surface area contributed by atoms with E-state index in [1.165, 1.54) is 12.1 Å². The number of carbonyl (C=O) groups is 1. The molecule has 1 aromatic carbocycles. The summed E-state index contributed by atoms with van der Waals surface area (Å²) in [4.78, 5) is 21.4. The molecule has 3 heterocycles. The molecular formula is C22H30ClF3N6O3. The summed E-state index contributed by atoms with van der Waals surface area (Å²) in [5.74, 6) is 6.40. The Bertz CT molecular complexity index is 980. The SMILES string of the molecule is CC(C)c1noc(C2CC(c3ccc(OC(F)(F)F)cc3)CN(C(=O)N3CCN(N)CC3)C2)n1.Cl. The normalized spacial score (nSPS) is 21.7. The Morgan fingerprint density at radius 1 is 1.09 bits per heavy atom. The van der Waals surface area contributed by atoms with E-state index in [0.717, 1.165) is 5.56 Å². The van der Waals surface area contributed by atoms with Crippen molar-refractivity contribution >= 4 is 18.4 Å². The summed E-state index contributed by atoms with van der Waals surface area (Å²) in [6.45, 7) is 7.04. The lowest BCUT2D eigenvalue weighted by Crippen LogP contribution is -2.56. The number of hydrazine groups is 1. The number of likely N-dealkylation sites (tertiary alicyclic amines) is 1. The Kier molecular flexibility index (Phi) is 8.50. The fourth-order valence-corrected chi connectivity index (χ4v) is 4.38. The Morgan fingerprint density at radius 3 is 2.29 bits per heavy atom. The van der Waals surface area contributed by atoms with Crippen LogP contribution in [0.3, 0.4) is 0 Å². The monoisotopic (exact) mass is 518 g/mol. The third kappa shape index (κ3) is 6.77. The Balaban J connectivity index is 0.00000342. The summed E-state index contributed by atoms with van der Waals surface area (Å²) in [6, 6.07) is 5.71. The van der Waals surface area contributed by atoms with Crippen LogP contribution in [-0.4, -0.2) is 76.6 Å². The average Bonchev–Trinajstić information content (AvgIpc) is 3.29. The molecule has 13 heteroatoms. The Hall–Kier alpha value is -2.57. The van der Waals surface area contributed by atoms with Crippen molar-refractivity contribution in [3.05, 3.63) is 41.5 Å². The predicted octanol–water partition coefficient (Wildman–Crippen LogP) is 3.70. The molecule has 2 fully saturated rings. The van der Waals surface area contributed by atoms with Gasteiger partial charge in [0.1, 0.15) is 5.75 Å². The number of urea groups is 1. The second kappa shape index (κ2) is 11.0. The number of benzene rings is 1. The van der Waals surface area contributed by atoms with Crippen molar-refractivity contribution in [2.75, 3.05) is 39.3 Å². The van der Waals surface area contributed by atoms with Crippen LogP contribution in [0.2, 0.25) is 0 Å². The van der Waals surface area contributed by atoms with Crippen molar-refractivity contribution in [2.24, 2.45) is 5.84 Å². The molecule has 2 atom stereocenters. The molecular weight excluding hydrogens is 489 g/mol. The van der Waals surface area contributed by atoms with Gasteiger partial charge in [-0.05, 0) is 24.1 Å². The van der Waals surface area contributed by atoms with Crippen LogP contribution in [0.5, 0.6) is 5.75 Å². The van der Waals surface area contributed by atoms with Gasteiger partial charge in [-0.25, -0.2) is 9.80 Å². The van der Waals surface area contributed by atoms with Crippen LogP contribution < -0.4 is 10.6 Å². The molecule has 2 unspecified atom stereocenters. The molecule has 9 nitrogen and oxygen atoms in total. The molecule has 2 saturated heterocycles. The molecule has 0 saturated carbocycles. The van der Waals surface area contributed by atoms with Gasteiger partial charge in [0.2, 0.25) is 5.89 Å². The minimum atomic E-state index is -4.75. The van der Waals surface area contributed by atoms with Crippen molar-refractivity contribution in [3.8, 4) is 5.75 Å². The molecule has 1 aromatic heterocycles. The maximum Gasteiger partial charge on any atom is 0.573 e. The van der Waals surface area contributed by atoms with Crippen molar-refractivity contribution in [2.45, 2.75) is 44.4 Å². The lowest BCUT2D eigenvalue weighted by molar-refractivity contribution is -0.274. The van der Waals surface area contributed by atoms with Gasteiger partial charge < -0.3 is 19.1 Å². The predicted molar refractivity (Wildman–Crippen MR) is 123 cm³/mol. The van der Waals surface area contributed by atoms with E-state index in [-0.39, 0.29) is 41.9 Å². The summed E-state index contributed by atoms with van der Waals surface area (Å²) in [6.07, 6.45) is -4.13. The minimum Gasteiger partial charge on any atom is -0.406 e. The van der Waals surface area contributed by atoms with Crippen LogP contribution in [0, 0.1) is 0 Å². The van der Waals surface area contributed by atoms with Crippen LogP contribution in [0.1, 0.15) is 55.3 Å². The van der Waals surface area contributed by atoms with Gasteiger partial charge in [0.05, 0.1) is 5.92 Å². The number of hydrogen-bond acceptors (Lipinski definition) is 7. The summed E-state index contributed by atoms with van der Waals surface area (Å²) >= 11 is 0. The third-order valence-corrected chi connectivity index (χ3v) is 6.21. The van der Waals surface area contributed by atoms with Gasteiger partial charge in [0, 0.05) is 51.1 Å². The van der Waals surface area contributed by atoms with Crippen LogP contribution in [0.25, 0.3) is 0 Å². The number of piperazine rings is 1. The molecule has 4 rings (SSSR count). The first-order chi connectivity index (χ1) is 16.1. The van der Waals surface area contributed by atoms with Gasteiger partial charge in [-0.15, -0.1) is 25.6 Å². The highest BCUT2D eigenvalue weighted by Crippen LogP contribution is 2.37. The number of rotatable bonds is 4. The van der Waals surface area contributed by atoms with Crippen molar-refractivity contribution in [3.63, 3.8) is 0 Å². The first kappa shape index (κ1) is 27.0. The van der Waals surface area contributed by atoms with E-state index in [1.807, 2.05) is 13.8 Å². The molecule has 2 aliphatic heterocycles. The highest BCUT2D eigenvalue weighted by atomic mass is 35.5. The first-order valence-corrected chi connectivity index (χ1v) is 11.3. The lowest BCUT2D eigenvalue weighted by Gasteiger charge is -2.41. The second-order valence-corrected chi connectivity index (χ2v) is 9.10. The van der Waals surface area contributed by atoms with Crippen LogP contribution in [0.15, 0.2) is 28.8 Å². The summed E-state index contributed by atoms with van der Waals surface area (Å²) in [5, 5.41) is 5.74. The molecule has 0 radical (unpaired) electrons. The quantitative estimate of drug-likeness (QED) is 0.616. The van der Waals surface area contributed by atoms with E-state index in [1.54, 1.807) is 26.9 Å². The number of halogens is 4. The van der Waals surface area contributed by atoms with Gasteiger partial charge in [-0.1, -0.05) is 31.1 Å². The number of ether oxygens (including phenoxy) is 1. The number of alkyl halides is 3. The lowest BCUT2D eigenvalue weighted by atomic mass is 9.84. The van der Waals surface area contributed by atoms with Crippen LogP contribution in [0.4, 0.5) is 18.0 Å². The molecule has 2 N–H and O–H groups in total. The smallest absolute Gasteiger partial charge is 0.406 e. The summed E-state index contributed by atoms with van der Waals surface area (Å²) in [5.41, 5.74) is 0.812. The van der Waals surface area contributed by atoms with Crippen molar-refractivity contribution in [1.82, 2.24) is 24.9 Å². The van der Waals surface area contributed by atoms with E-state index in [2.05, 4.69) is 14.9 Å². The molecule has 2 aromatic rings. The Labute approximate surface area is 207 Å². The second-order valence-electron chi connectivity index (χ2n) is 9.10. The molecule has 2 aliphatic rings. The van der Waals surface area contributed by atoms with E-state index in [9.17, 15) is 18.0 Å². The van der Waals surface area contributed by atoms with Gasteiger partial charge in [0.25, 0.3) is 0 Å². The molecule has 0 bridgehead atoms. The van der Waals surface area contributed by atoms with Gasteiger partial charge in [-0.3, -0.25) is 5.84 Å². The molecule has 0 aliphatic carbocycles. The molecule has 0 spiro atoms. The number of nitrogens with two attached hydrogens (primary N) is 1. The zero-order chi connectivity index (χ0) is 24.5. The fraction of sp³-hybridized carbons (Fsp3) is 0.591. The van der Waals surface area contributed by atoms with Crippen LogP contribution >= 0.6 is 12.4 Å². The number of nitrogens with zero attached hydrogens (tertiary/aromatic N) is 5. The number of amides is 2. The Morgan fingerprint density at radius 2 is 1.71 bits per heavy atom. The topological polar surface area (TPSA) is 101 Å². The van der Waals surface area contributed by atoms with E-state index in [4.69, 9.17) is 10.4 Å².